The largest absolute Gasteiger partial charge is 0.494 e. The first kappa shape index (κ1) is 15.3. The summed E-state index contributed by atoms with van der Waals surface area (Å²) in [5, 5.41) is 3.63. The minimum absolute atomic E-state index is 0.424. The second-order valence-electron chi connectivity index (χ2n) is 5.84. The van der Waals surface area contributed by atoms with Crippen molar-refractivity contribution in [2.75, 3.05) is 6.61 Å². The van der Waals surface area contributed by atoms with Crippen molar-refractivity contribution in [2.45, 2.75) is 64.1 Å². The second kappa shape index (κ2) is 8.28. The molecule has 3 nitrogen and oxygen atoms in total. The Morgan fingerprint density at radius 1 is 1.15 bits per heavy atom. The van der Waals surface area contributed by atoms with Crippen molar-refractivity contribution >= 4 is 0 Å². The smallest absolute Gasteiger partial charge is 0.119 e. The van der Waals surface area contributed by atoms with Gasteiger partial charge in [0.2, 0.25) is 0 Å². The summed E-state index contributed by atoms with van der Waals surface area (Å²) in [5.41, 5.74) is 7.25. The minimum atomic E-state index is 0.424. The van der Waals surface area contributed by atoms with Gasteiger partial charge in [-0.2, -0.15) is 0 Å². The Hall–Kier alpha value is -1.06. The molecule has 1 aliphatic carbocycles. The maximum Gasteiger partial charge on any atom is 0.119 e. The van der Waals surface area contributed by atoms with E-state index >= 15 is 0 Å². The van der Waals surface area contributed by atoms with Gasteiger partial charge in [-0.3, -0.25) is 0 Å². The summed E-state index contributed by atoms with van der Waals surface area (Å²) >= 11 is 0. The molecule has 0 atom stereocenters. The van der Waals surface area contributed by atoms with Crippen LogP contribution in [0.2, 0.25) is 0 Å². The third-order valence-corrected chi connectivity index (χ3v) is 4.06. The van der Waals surface area contributed by atoms with E-state index < -0.39 is 0 Å². The van der Waals surface area contributed by atoms with Crippen molar-refractivity contribution in [2.24, 2.45) is 5.73 Å². The van der Waals surface area contributed by atoms with Gasteiger partial charge in [-0.25, -0.2) is 0 Å². The van der Waals surface area contributed by atoms with Crippen LogP contribution in [0.25, 0.3) is 0 Å². The van der Waals surface area contributed by atoms with Crippen LogP contribution in [0.15, 0.2) is 24.3 Å². The van der Waals surface area contributed by atoms with E-state index in [0.29, 0.717) is 12.1 Å². The first-order chi connectivity index (χ1) is 9.78. The van der Waals surface area contributed by atoms with Gasteiger partial charge in [0.25, 0.3) is 0 Å². The molecule has 1 aromatic carbocycles. The van der Waals surface area contributed by atoms with E-state index in [-0.39, 0.29) is 0 Å². The molecule has 112 valence electrons. The highest BCUT2D eigenvalue weighted by atomic mass is 16.5. The topological polar surface area (TPSA) is 47.3 Å². The average molecular weight is 276 g/mol. The summed E-state index contributed by atoms with van der Waals surface area (Å²) in [6.45, 7) is 3.93. The number of unbranched alkanes of at least 4 members (excludes halogenated alkanes) is 1. The zero-order valence-corrected chi connectivity index (χ0v) is 12.6. The van der Waals surface area contributed by atoms with Gasteiger partial charge in [0.15, 0.2) is 0 Å². The lowest BCUT2D eigenvalue weighted by atomic mass is 9.92. The molecule has 0 amide bonds. The molecule has 1 fully saturated rings. The normalized spacial score (nSPS) is 22.7. The van der Waals surface area contributed by atoms with Crippen molar-refractivity contribution in [3.8, 4) is 5.75 Å². The lowest BCUT2D eigenvalue weighted by molar-refractivity contribution is 0.309. The molecular formula is C17H28N2O. The van der Waals surface area contributed by atoms with E-state index in [1.807, 2.05) is 0 Å². The summed E-state index contributed by atoms with van der Waals surface area (Å²) in [6.07, 6.45) is 7.02. The Bertz CT molecular complexity index is 369. The van der Waals surface area contributed by atoms with Crippen molar-refractivity contribution in [3.63, 3.8) is 0 Å². The molecule has 1 aromatic rings. The summed E-state index contributed by atoms with van der Waals surface area (Å²) in [7, 11) is 0. The number of nitrogens with two attached hydrogens (primary N) is 1. The van der Waals surface area contributed by atoms with Crippen LogP contribution in [0.4, 0.5) is 0 Å². The SMILES string of the molecule is CCCCOc1ccc(CNC2CCC(N)CC2)cc1. The molecule has 0 unspecified atom stereocenters. The van der Waals surface area contributed by atoms with E-state index in [4.69, 9.17) is 10.5 Å². The summed E-state index contributed by atoms with van der Waals surface area (Å²) in [5.74, 6) is 0.978. The zero-order valence-electron chi connectivity index (χ0n) is 12.6. The van der Waals surface area contributed by atoms with Crippen LogP contribution in [0.5, 0.6) is 5.75 Å². The van der Waals surface area contributed by atoms with E-state index in [9.17, 15) is 0 Å². The van der Waals surface area contributed by atoms with Crippen LogP contribution in [0, 0.1) is 0 Å². The number of ether oxygens (including phenoxy) is 1. The van der Waals surface area contributed by atoms with Gasteiger partial charge in [0, 0.05) is 18.6 Å². The van der Waals surface area contributed by atoms with Gasteiger partial charge in [-0.05, 0) is 49.8 Å². The van der Waals surface area contributed by atoms with Crippen LogP contribution in [-0.2, 0) is 6.54 Å². The molecule has 0 aliphatic heterocycles. The van der Waals surface area contributed by atoms with Crippen LogP contribution < -0.4 is 15.8 Å². The van der Waals surface area contributed by atoms with Gasteiger partial charge in [0.05, 0.1) is 6.61 Å². The molecule has 0 spiro atoms. The molecule has 0 radical (unpaired) electrons. The highest BCUT2D eigenvalue weighted by Crippen LogP contribution is 2.18. The first-order valence-electron chi connectivity index (χ1n) is 7.98. The zero-order chi connectivity index (χ0) is 14.2. The number of hydrogen-bond acceptors (Lipinski definition) is 3. The molecule has 3 heteroatoms. The van der Waals surface area contributed by atoms with Crippen LogP contribution in [-0.4, -0.2) is 18.7 Å². The molecule has 0 heterocycles. The molecular weight excluding hydrogens is 248 g/mol. The molecule has 20 heavy (non-hydrogen) atoms. The average Bonchev–Trinajstić information content (AvgIpc) is 2.48. The third-order valence-electron chi connectivity index (χ3n) is 4.06. The van der Waals surface area contributed by atoms with Gasteiger partial charge >= 0.3 is 0 Å². The molecule has 1 aliphatic rings. The summed E-state index contributed by atoms with van der Waals surface area (Å²) < 4.78 is 5.67. The van der Waals surface area contributed by atoms with E-state index in [1.165, 1.54) is 24.8 Å². The highest BCUT2D eigenvalue weighted by molar-refractivity contribution is 5.27. The third kappa shape index (κ3) is 5.14. The van der Waals surface area contributed by atoms with Crippen LogP contribution in [0.1, 0.15) is 51.0 Å². The fourth-order valence-electron chi connectivity index (χ4n) is 2.62. The summed E-state index contributed by atoms with van der Waals surface area (Å²) in [4.78, 5) is 0. The first-order valence-corrected chi connectivity index (χ1v) is 7.98. The van der Waals surface area contributed by atoms with Gasteiger partial charge in [-0.1, -0.05) is 25.5 Å². The van der Waals surface area contributed by atoms with Crippen molar-refractivity contribution in [3.05, 3.63) is 29.8 Å². The highest BCUT2D eigenvalue weighted by Gasteiger charge is 2.17. The van der Waals surface area contributed by atoms with Gasteiger partial charge in [-0.15, -0.1) is 0 Å². The Kier molecular flexibility index (Phi) is 6.34. The number of rotatable bonds is 7. The van der Waals surface area contributed by atoms with Crippen LogP contribution in [0.3, 0.4) is 0 Å². The maximum atomic E-state index is 5.93. The van der Waals surface area contributed by atoms with E-state index in [1.54, 1.807) is 0 Å². The molecule has 0 bridgehead atoms. The summed E-state index contributed by atoms with van der Waals surface area (Å²) in [6, 6.07) is 9.52. The van der Waals surface area contributed by atoms with Crippen LogP contribution >= 0.6 is 0 Å². The Morgan fingerprint density at radius 3 is 2.50 bits per heavy atom. The fourth-order valence-corrected chi connectivity index (χ4v) is 2.62. The quantitative estimate of drug-likeness (QED) is 0.752. The fraction of sp³-hybridized carbons (Fsp3) is 0.647. The van der Waals surface area contributed by atoms with Gasteiger partial charge < -0.3 is 15.8 Å². The maximum absolute atomic E-state index is 5.93. The number of benzene rings is 1. The van der Waals surface area contributed by atoms with E-state index in [0.717, 1.165) is 38.2 Å². The monoisotopic (exact) mass is 276 g/mol. The van der Waals surface area contributed by atoms with Crippen molar-refractivity contribution < 1.29 is 4.74 Å². The number of hydrogen-bond donors (Lipinski definition) is 2. The molecule has 0 saturated heterocycles. The Balaban J connectivity index is 1.70. The second-order valence-corrected chi connectivity index (χ2v) is 5.84. The predicted molar refractivity (Wildman–Crippen MR) is 83.9 cm³/mol. The lowest BCUT2D eigenvalue weighted by Gasteiger charge is -2.27. The van der Waals surface area contributed by atoms with Crippen molar-refractivity contribution in [1.82, 2.24) is 5.32 Å². The molecule has 1 saturated carbocycles. The standard InChI is InChI=1S/C17H28N2O/c1-2-3-12-20-17-10-4-14(5-11-17)13-19-16-8-6-15(18)7-9-16/h4-5,10-11,15-16,19H,2-3,6-9,12-13,18H2,1H3. The lowest BCUT2D eigenvalue weighted by Crippen LogP contribution is -2.36. The number of nitrogens with one attached hydrogen (secondary N) is 1. The van der Waals surface area contributed by atoms with Gasteiger partial charge in [0.1, 0.15) is 5.75 Å². The minimum Gasteiger partial charge on any atom is -0.494 e. The predicted octanol–water partition coefficient (Wildman–Crippen LogP) is 3.23. The van der Waals surface area contributed by atoms with E-state index in [2.05, 4.69) is 36.5 Å². The molecule has 2 rings (SSSR count). The molecule has 3 N–H and O–H groups in total. The Morgan fingerprint density at radius 2 is 1.85 bits per heavy atom. The molecule has 0 aromatic heterocycles. The Labute approximate surface area is 122 Å². The van der Waals surface area contributed by atoms with Crippen molar-refractivity contribution in [1.29, 1.82) is 0 Å².